The van der Waals surface area contributed by atoms with Gasteiger partial charge >= 0.3 is 0 Å². The summed E-state index contributed by atoms with van der Waals surface area (Å²) in [6, 6.07) is 2.07. The zero-order valence-electron chi connectivity index (χ0n) is 6.12. The number of aliphatic hydroxyl groups excluding tert-OH is 1. The van der Waals surface area contributed by atoms with Gasteiger partial charge in [-0.2, -0.15) is 5.26 Å². The van der Waals surface area contributed by atoms with Crippen molar-refractivity contribution in [3.05, 3.63) is 0 Å². The number of rotatable bonds is 1. The first-order valence-electron chi connectivity index (χ1n) is 3.47. The van der Waals surface area contributed by atoms with E-state index in [1.54, 1.807) is 0 Å². The van der Waals surface area contributed by atoms with Crippen molar-refractivity contribution in [1.82, 2.24) is 4.90 Å². The maximum atomic E-state index is 9.30. The summed E-state index contributed by atoms with van der Waals surface area (Å²) in [5, 5.41) is 17.6. The molecule has 1 fully saturated rings. The van der Waals surface area contributed by atoms with Gasteiger partial charge in [-0.1, -0.05) is 0 Å². The van der Waals surface area contributed by atoms with Gasteiger partial charge in [-0.3, -0.25) is 0 Å². The maximum absolute atomic E-state index is 9.30. The van der Waals surface area contributed by atoms with Gasteiger partial charge in [0.25, 0.3) is 0 Å². The Morgan fingerprint density at radius 3 is 2.80 bits per heavy atom. The number of likely N-dealkylation sites (tertiary alicyclic amines) is 1. The zero-order valence-corrected chi connectivity index (χ0v) is 6.12. The molecule has 0 aromatic rings. The molecular formula is C7H12N2O. The number of nitrogens with zero attached hydrogens (tertiary/aromatic N) is 2. The van der Waals surface area contributed by atoms with Crippen molar-refractivity contribution in [2.24, 2.45) is 5.92 Å². The number of hydrogen-bond donors (Lipinski definition) is 1. The van der Waals surface area contributed by atoms with Crippen LogP contribution in [0.4, 0.5) is 0 Å². The molecule has 0 saturated carbocycles. The van der Waals surface area contributed by atoms with Crippen LogP contribution in [0.1, 0.15) is 6.42 Å². The van der Waals surface area contributed by atoms with Gasteiger partial charge in [0.2, 0.25) is 0 Å². The Bertz CT molecular complexity index is 152. The van der Waals surface area contributed by atoms with Crippen LogP contribution in [0.15, 0.2) is 0 Å². The number of β-amino-alcohol motifs (C(OH)–C–C–N with tert-alkyl or cyclic N) is 1. The van der Waals surface area contributed by atoms with Gasteiger partial charge in [-0.05, 0) is 7.05 Å². The summed E-state index contributed by atoms with van der Waals surface area (Å²) in [6.45, 7) is 1.57. The summed E-state index contributed by atoms with van der Waals surface area (Å²) in [6.07, 6.45) is 0.190. The van der Waals surface area contributed by atoms with Gasteiger partial charge in [0.05, 0.1) is 12.2 Å². The summed E-state index contributed by atoms with van der Waals surface area (Å²) >= 11 is 0. The van der Waals surface area contributed by atoms with E-state index in [-0.39, 0.29) is 12.0 Å². The molecule has 0 bridgehead atoms. The van der Waals surface area contributed by atoms with Crippen LogP contribution >= 0.6 is 0 Å². The number of likely N-dealkylation sites (N-methyl/N-ethyl adjacent to an activating group) is 1. The van der Waals surface area contributed by atoms with Crippen molar-refractivity contribution in [1.29, 1.82) is 5.26 Å². The van der Waals surface area contributed by atoms with Crippen LogP contribution in [0, 0.1) is 17.2 Å². The molecule has 0 radical (unpaired) electrons. The minimum absolute atomic E-state index is 0.176. The minimum atomic E-state index is -0.287. The molecule has 1 aliphatic rings. The molecule has 0 aromatic carbocycles. The van der Waals surface area contributed by atoms with Crippen LogP contribution in [0.25, 0.3) is 0 Å². The van der Waals surface area contributed by atoms with Gasteiger partial charge in [-0.15, -0.1) is 0 Å². The highest BCUT2D eigenvalue weighted by Gasteiger charge is 2.28. The minimum Gasteiger partial charge on any atom is -0.391 e. The van der Waals surface area contributed by atoms with E-state index < -0.39 is 0 Å². The van der Waals surface area contributed by atoms with Crippen molar-refractivity contribution < 1.29 is 5.11 Å². The first-order chi connectivity index (χ1) is 4.74. The normalized spacial score (nSPS) is 34.1. The van der Waals surface area contributed by atoms with Gasteiger partial charge in [0, 0.05) is 25.4 Å². The summed E-state index contributed by atoms with van der Waals surface area (Å²) in [4.78, 5) is 2.05. The highest BCUT2D eigenvalue weighted by atomic mass is 16.3. The predicted molar refractivity (Wildman–Crippen MR) is 37.2 cm³/mol. The smallest absolute Gasteiger partial charge is 0.0717 e. The van der Waals surface area contributed by atoms with Crippen molar-refractivity contribution in [3.8, 4) is 6.07 Å². The first kappa shape index (κ1) is 7.52. The standard InChI is InChI=1S/C7H12N2O/c1-9-4-6(2-3-8)7(10)5-9/h6-7,10H,2,4-5H2,1H3/t6-,7-/m0/s1. The van der Waals surface area contributed by atoms with E-state index in [1.807, 2.05) is 11.9 Å². The molecule has 1 aliphatic heterocycles. The van der Waals surface area contributed by atoms with Crippen LogP contribution in [0.5, 0.6) is 0 Å². The Kier molecular flexibility index (Phi) is 2.25. The van der Waals surface area contributed by atoms with Gasteiger partial charge in [-0.25, -0.2) is 0 Å². The van der Waals surface area contributed by atoms with Crippen LogP contribution in [0.3, 0.4) is 0 Å². The van der Waals surface area contributed by atoms with Crippen LogP contribution in [0.2, 0.25) is 0 Å². The Balaban J connectivity index is 2.40. The Hall–Kier alpha value is -0.590. The van der Waals surface area contributed by atoms with Crippen LogP contribution < -0.4 is 0 Å². The largest absolute Gasteiger partial charge is 0.391 e. The molecule has 10 heavy (non-hydrogen) atoms. The van der Waals surface area contributed by atoms with Crippen molar-refractivity contribution in [3.63, 3.8) is 0 Å². The fourth-order valence-electron chi connectivity index (χ4n) is 1.38. The first-order valence-corrected chi connectivity index (χ1v) is 3.47. The molecule has 56 valence electrons. The maximum Gasteiger partial charge on any atom is 0.0717 e. The van der Waals surface area contributed by atoms with E-state index >= 15 is 0 Å². The van der Waals surface area contributed by atoms with Gasteiger partial charge in [0.1, 0.15) is 0 Å². The Morgan fingerprint density at radius 1 is 1.70 bits per heavy atom. The molecule has 1 saturated heterocycles. The summed E-state index contributed by atoms with van der Waals surface area (Å²) in [7, 11) is 1.96. The second-order valence-corrected chi connectivity index (χ2v) is 2.91. The molecular weight excluding hydrogens is 128 g/mol. The number of hydrogen-bond acceptors (Lipinski definition) is 3. The highest BCUT2D eigenvalue weighted by molar-refractivity contribution is 4.88. The fourth-order valence-corrected chi connectivity index (χ4v) is 1.38. The Labute approximate surface area is 60.9 Å². The Morgan fingerprint density at radius 2 is 2.40 bits per heavy atom. The lowest BCUT2D eigenvalue weighted by Gasteiger charge is -2.06. The average molecular weight is 140 g/mol. The number of nitriles is 1. The monoisotopic (exact) mass is 140 g/mol. The van der Waals surface area contributed by atoms with Crippen molar-refractivity contribution in [2.45, 2.75) is 12.5 Å². The van der Waals surface area contributed by atoms with E-state index in [0.29, 0.717) is 13.0 Å². The molecule has 0 aliphatic carbocycles. The van der Waals surface area contributed by atoms with Crippen LogP contribution in [-0.4, -0.2) is 36.2 Å². The second kappa shape index (κ2) is 3.00. The fraction of sp³-hybridized carbons (Fsp3) is 0.857. The van der Waals surface area contributed by atoms with Crippen molar-refractivity contribution >= 4 is 0 Å². The topological polar surface area (TPSA) is 47.3 Å². The lowest BCUT2D eigenvalue weighted by molar-refractivity contribution is 0.145. The third kappa shape index (κ3) is 1.47. The predicted octanol–water partition coefficient (Wildman–Crippen LogP) is -0.177. The van der Waals surface area contributed by atoms with E-state index in [0.717, 1.165) is 6.54 Å². The second-order valence-electron chi connectivity index (χ2n) is 2.91. The van der Waals surface area contributed by atoms with E-state index in [9.17, 15) is 5.11 Å². The third-order valence-electron chi connectivity index (χ3n) is 1.94. The SMILES string of the molecule is CN1C[C@H](CC#N)[C@@H](O)C1. The molecule has 0 aromatic heterocycles. The quantitative estimate of drug-likeness (QED) is 0.549. The third-order valence-corrected chi connectivity index (χ3v) is 1.94. The molecule has 1 N–H and O–H groups in total. The van der Waals surface area contributed by atoms with Gasteiger partial charge < -0.3 is 10.0 Å². The van der Waals surface area contributed by atoms with Crippen LogP contribution in [-0.2, 0) is 0 Å². The molecule has 3 nitrogen and oxygen atoms in total. The molecule has 1 rings (SSSR count). The summed E-state index contributed by atoms with van der Waals surface area (Å²) in [5.41, 5.74) is 0. The highest BCUT2D eigenvalue weighted by Crippen LogP contribution is 2.17. The molecule has 2 atom stereocenters. The number of aliphatic hydroxyl groups is 1. The summed E-state index contributed by atoms with van der Waals surface area (Å²) < 4.78 is 0. The summed E-state index contributed by atoms with van der Waals surface area (Å²) in [5.74, 6) is 0.176. The van der Waals surface area contributed by atoms with E-state index in [4.69, 9.17) is 5.26 Å². The average Bonchev–Trinajstić information content (AvgIpc) is 2.13. The molecule has 3 heteroatoms. The molecule has 0 unspecified atom stereocenters. The molecule has 0 amide bonds. The van der Waals surface area contributed by atoms with Gasteiger partial charge in [0.15, 0.2) is 0 Å². The lowest BCUT2D eigenvalue weighted by Crippen LogP contribution is -2.17. The molecule has 1 heterocycles. The van der Waals surface area contributed by atoms with E-state index in [1.165, 1.54) is 0 Å². The zero-order chi connectivity index (χ0) is 7.56. The van der Waals surface area contributed by atoms with E-state index in [2.05, 4.69) is 6.07 Å². The molecule has 0 spiro atoms. The van der Waals surface area contributed by atoms with Crippen molar-refractivity contribution in [2.75, 3.05) is 20.1 Å². The lowest BCUT2D eigenvalue weighted by atomic mass is 10.0.